The fraction of sp³-hybridized carbons (Fsp3) is 0.0909. The second-order valence-corrected chi connectivity index (χ2v) is 8.79. The monoisotopic (exact) mass is 578 g/mol. The van der Waals surface area contributed by atoms with Gasteiger partial charge in [-0.25, -0.2) is 5.43 Å². The molecule has 3 aromatic carbocycles. The largest absolute Gasteiger partial charge is 0.481 e. The van der Waals surface area contributed by atoms with Crippen molar-refractivity contribution in [3.8, 4) is 16.9 Å². The van der Waals surface area contributed by atoms with Crippen LogP contribution in [0.2, 0.25) is 0 Å². The summed E-state index contributed by atoms with van der Waals surface area (Å²) in [5, 5.41) is 4.17. The Morgan fingerprint density at radius 3 is 2.14 bits per heavy atom. The molecule has 0 radical (unpaired) electrons. The van der Waals surface area contributed by atoms with Crippen molar-refractivity contribution in [2.24, 2.45) is 5.10 Å². The van der Waals surface area contributed by atoms with Crippen LogP contribution in [-0.2, 0) is 4.79 Å². The lowest BCUT2D eigenvalue weighted by atomic mass is 10.0. The standard InChI is InChI=1S/C22H17Br3N2O2/c1-14(15-7-9-17(10-8-15)16-5-3-2-4-6-16)26-27-21(28)13-29-22-19(24)11-18(23)12-20(22)25/h2-12H,13H2,1H3,(H,27,28)/b26-14+. The van der Waals surface area contributed by atoms with E-state index in [4.69, 9.17) is 4.74 Å². The predicted octanol–water partition coefficient (Wildman–Crippen LogP) is 6.56. The zero-order valence-corrected chi connectivity index (χ0v) is 20.2. The molecule has 3 aromatic rings. The van der Waals surface area contributed by atoms with Gasteiger partial charge in [0.05, 0.1) is 14.7 Å². The summed E-state index contributed by atoms with van der Waals surface area (Å²) < 4.78 is 7.97. The molecular formula is C22H17Br3N2O2. The molecule has 0 aromatic heterocycles. The molecule has 0 heterocycles. The highest BCUT2D eigenvalue weighted by Crippen LogP contribution is 2.36. The van der Waals surface area contributed by atoms with Gasteiger partial charge in [-0.2, -0.15) is 5.10 Å². The lowest BCUT2D eigenvalue weighted by Crippen LogP contribution is -2.25. The topological polar surface area (TPSA) is 50.7 Å². The molecule has 1 amide bonds. The molecule has 3 rings (SSSR count). The van der Waals surface area contributed by atoms with Crippen molar-refractivity contribution in [2.45, 2.75) is 6.92 Å². The Hall–Kier alpha value is -1.96. The number of hydrazone groups is 1. The number of hydrogen-bond acceptors (Lipinski definition) is 3. The second-order valence-electron chi connectivity index (χ2n) is 6.16. The first-order chi connectivity index (χ1) is 13.9. The molecule has 148 valence electrons. The minimum atomic E-state index is -0.341. The van der Waals surface area contributed by atoms with Gasteiger partial charge in [-0.05, 0) is 67.6 Å². The van der Waals surface area contributed by atoms with Crippen LogP contribution in [0.3, 0.4) is 0 Å². The first kappa shape index (κ1) is 21.7. The van der Waals surface area contributed by atoms with Gasteiger partial charge in [0.15, 0.2) is 6.61 Å². The van der Waals surface area contributed by atoms with Crippen molar-refractivity contribution in [1.29, 1.82) is 0 Å². The Morgan fingerprint density at radius 2 is 1.52 bits per heavy atom. The minimum Gasteiger partial charge on any atom is -0.481 e. The van der Waals surface area contributed by atoms with E-state index in [2.05, 4.69) is 70.4 Å². The fourth-order valence-corrected chi connectivity index (χ4v) is 5.07. The summed E-state index contributed by atoms with van der Waals surface area (Å²) in [4.78, 5) is 12.1. The van der Waals surface area contributed by atoms with E-state index in [1.807, 2.05) is 61.5 Å². The Balaban J connectivity index is 1.59. The number of halogens is 3. The van der Waals surface area contributed by atoms with Crippen molar-refractivity contribution in [3.05, 3.63) is 85.7 Å². The van der Waals surface area contributed by atoms with Crippen LogP contribution in [0, 0.1) is 0 Å². The average molecular weight is 581 g/mol. The van der Waals surface area contributed by atoms with E-state index in [1.165, 1.54) is 0 Å². The number of nitrogens with one attached hydrogen (secondary N) is 1. The third-order valence-corrected chi connectivity index (χ3v) is 5.70. The van der Waals surface area contributed by atoms with Crippen molar-refractivity contribution >= 4 is 59.4 Å². The van der Waals surface area contributed by atoms with E-state index in [1.54, 1.807) is 0 Å². The highest BCUT2D eigenvalue weighted by atomic mass is 79.9. The van der Waals surface area contributed by atoms with Crippen molar-refractivity contribution in [3.63, 3.8) is 0 Å². The van der Waals surface area contributed by atoms with Gasteiger partial charge in [0.25, 0.3) is 5.91 Å². The van der Waals surface area contributed by atoms with Crippen molar-refractivity contribution in [1.82, 2.24) is 5.43 Å². The quantitative estimate of drug-likeness (QED) is 0.265. The highest BCUT2D eigenvalue weighted by molar-refractivity contribution is 9.11. The van der Waals surface area contributed by atoms with E-state index >= 15 is 0 Å². The number of carbonyl (C=O) groups is 1. The Labute approximate surface area is 194 Å². The van der Waals surface area contributed by atoms with Gasteiger partial charge in [0, 0.05) is 4.47 Å². The van der Waals surface area contributed by atoms with E-state index in [0.29, 0.717) is 11.5 Å². The van der Waals surface area contributed by atoms with E-state index in [0.717, 1.165) is 30.1 Å². The molecule has 1 N–H and O–H groups in total. The van der Waals surface area contributed by atoms with E-state index in [-0.39, 0.29) is 12.5 Å². The Morgan fingerprint density at radius 1 is 0.931 bits per heavy atom. The van der Waals surface area contributed by atoms with Gasteiger partial charge in [0.2, 0.25) is 0 Å². The summed E-state index contributed by atoms with van der Waals surface area (Å²) in [5.74, 6) is 0.215. The van der Waals surface area contributed by atoms with E-state index in [9.17, 15) is 4.79 Å². The highest BCUT2D eigenvalue weighted by Gasteiger charge is 2.10. The molecule has 4 nitrogen and oxygen atoms in total. The number of nitrogens with zero attached hydrogens (tertiary/aromatic N) is 1. The maximum Gasteiger partial charge on any atom is 0.277 e. The van der Waals surface area contributed by atoms with Crippen LogP contribution >= 0.6 is 47.8 Å². The van der Waals surface area contributed by atoms with Gasteiger partial charge < -0.3 is 4.74 Å². The molecule has 0 aliphatic rings. The van der Waals surface area contributed by atoms with Gasteiger partial charge in [-0.1, -0.05) is 70.5 Å². The van der Waals surface area contributed by atoms with Crippen LogP contribution in [0.1, 0.15) is 12.5 Å². The van der Waals surface area contributed by atoms with Gasteiger partial charge in [0.1, 0.15) is 5.75 Å². The summed E-state index contributed by atoms with van der Waals surface area (Å²) in [5.41, 5.74) is 6.47. The van der Waals surface area contributed by atoms with Crippen LogP contribution in [0.5, 0.6) is 5.75 Å². The summed E-state index contributed by atoms with van der Waals surface area (Å²) >= 11 is 10.2. The molecule has 0 aliphatic heterocycles. The molecule has 0 atom stereocenters. The summed E-state index contributed by atoms with van der Waals surface area (Å²) in [6.07, 6.45) is 0. The van der Waals surface area contributed by atoms with Crippen molar-refractivity contribution < 1.29 is 9.53 Å². The SMILES string of the molecule is C/C(=N\NC(=O)COc1c(Br)cc(Br)cc1Br)c1ccc(-c2ccccc2)cc1. The summed E-state index contributed by atoms with van der Waals surface area (Å²) in [6.45, 7) is 1.70. The molecule has 0 saturated carbocycles. The zero-order chi connectivity index (χ0) is 20.8. The molecule has 29 heavy (non-hydrogen) atoms. The molecular weight excluding hydrogens is 564 g/mol. The number of rotatable bonds is 6. The zero-order valence-electron chi connectivity index (χ0n) is 15.5. The molecule has 0 saturated heterocycles. The summed E-state index contributed by atoms with van der Waals surface area (Å²) in [7, 11) is 0. The minimum absolute atomic E-state index is 0.150. The van der Waals surface area contributed by atoms with Crippen LogP contribution in [0.4, 0.5) is 0 Å². The number of hydrogen-bond donors (Lipinski definition) is 1. The summed E-state index contributed by atoms with van der Waals surface area (Å²) in [6, 6.07) is 21.9. The molecule has 7 heteroatoms. The Kier molecular flexibility index (Phi) is 7.64. The molecule has 0 fully saturated rings. The normalized spacial score (nSPS) is 11.2. The molecule has 0 bridgehead atoms. The lowest BCUT2D eigenvalue weighted by Gasteiger charge is -2.10. The van der Waals surface area contributed by atoms with Crippen LogP contribution in [0.15, 0.2) is 85.2 Å². The smallest absolute Gasteiger partial charge is 0.277 e. The number of carbonyl (C=O) groups excluding carboxylic acids is 1. The average Bonchev–Trinajstić information content (AvgIpc) is 2.72. The fourth-order valence-electron chi connectivity index (χ4n) is 2.58. The third kappa shape index (κ3) is 6.01. The second kappa shape index (κ2) is 10.2. The molecule has 0 aliphatic carbocycles. The van der Waals surface area contributed by atoms with Crippen molar-refractivity contribution in [2.75, 3.05) is 6.61 Å². The first-order valence-corrected chi connectivity index (χ1v) is 11.1. The number of benzene rings is 3. The third-order valence-electron chi connectivity index (χ3n) is 4.07. The van der Waals surface area contributed by atoms with Gasteiger partial charge in [-0.15, -0.1) is 0 Å². The molecule has 0 unspecified atom stereocenters. The van der Waals surface area contributed by atoms with Gasteiger partial charge in [-0.3, -0.25) is 4.79 Å². The maximum absolute atomic E-state index is 12.1. The number of ether oxygens (including phenoxy) is 1. The van der Waals surface area contributed by atoms with Crippen LogP contribution in [-0.4, -0.2) is 18.2 Å². The van der Waals surface area contributed by atoms with Gasteiger partial charge >= 0.3 is 0 Å². The predicted molar refractivity (Wildman–Crippen MR) is 127 cm³/mol. The maximum atomic E-state index is 12.1. The Bertz CT molecular complexity index is 1010. The van der Waals surface area contributed by atoms with E-state index < -0.39 is 0 Å². The first-order valence-electron chi connectivity index (χ1n) is 8.70. The lowest BCUT2D eigenvalue weighted by molar-refractivity contribution is -0.123. The van der Waals surface area contributed by atoms with Crippen LogP contribution < -0.4 is 10.2 Å². The molecule has 0 spiro atoms. The van der Waals surface area contributed by atoms with Crippen LogP contribution in [0.25, 0.3) is 11.1 Å². The number of amides is 1.